The standard InChI is InChI=1S/C21H21IN2O7/c22-20(30-14-7-3-1-4-8-14)13-24(19(27)23-18(20)26)17-11-21(28,16(12-25)29-17)31-15-9-5-2-6-10-15/h1-10,16-17,25,28H,11-13H2,(H,23,26,27)/t16-,17-,20?,21-/m1/s1. The van der Waals surface area contributed by atoms with Gasteiger partial charge in [0.1, 0.15) is 23.8 Å². The quantitative estimate of drug-likeness (QED) is 0.290. The molecular formula is C21H21IN2O7. The van der Waals surface area contributed by atoms with Crippen LogP contribution in [0.4, 0.5) is 4.79 Å². The highest BCUT2D eigenvalue weighted by Gasteiger charge is 2.56. The van der Waals surface area contributed by atoms with Crippen molar-refractivity contribution in [1.82, 2.24) is 10.2 Å². The van der Waals surface area contributed by atoms with Crippen LogP contribution in [0.1, 0.15) is 6.42 Å². The molecule has 2 saturated heterocycles. The first kappa shape index (κ1) is 21.8. The molecule has 2 heterocycles. The van der Waals surface area contributed by atoms with Gasteiger partial charge in [0.25, 0.3) is 9.51 Å². The Kier molecular flexibility index (Phi) is 6.06. The highest BCUT2D eigenvalue weighted by atomic mass is 127. The van der Waals surface area contributed by atoms with Crippen LogP contribution >= 0.6 is 22.6 Å². The number of aliphatic hydroxyl groups excluding tert-OH is 1. The number of nitrogens with zero attached hydrogens (tertiary/aromatic N) is 1. The molecule has 0 saturated carbocycles. The summed E-state index contributed by atoms with van der Waals surface area (Å²) in [5, 5.41) is 23.1. The Morgan fingerprint density at radius 3 is 2.23 bits per heavy atom. The van der Waals surface area contributed by atoms with Crippen molar-refractivity contribution in [1.29, 1.82) is 0 Å². The predicted molar refractivity (Wildman–Crippen MR) is 116 cm³/mol. The normalized spacial score (nSPS) is 30.7. The van der Waals surface area contributed by atoms with Crippen LogP contribution in [-0.2, 0) is 9.53 Å². The fourth-order valence-electron chi connectivity index (χ4n) is 3.51. The van der Waals surface area contributed by atoms with Crippen molar-refractivity contribution in [3.63, 3.8) is 0 Å². The number of benzene rings is 2. The monoisotopic (exact) mass is 540 g/mol. The maximum Gasteiger partial charge on any atom is 0.326 e. The average molecular weight is 540 g/mol. The van der Waals surface area contributed by atoms with Crippen molar-refractivity contribution in [3.05, 3.63) is 60.7 Å². The molecule has 0 aromatic heterocycles. The number of alkyl halides is 1. The minimum absolute atomic E-state index is 0.128. The number of imide groups is 1. The van der Waals surface area contributed by atoms with E-state index in [1.165, 1.54) is 4.90 Å². The van der Waals surface area contributed by atoms with Crippen LogP contribution in [0.5, 0.6) is 11.5 Å². The number of hydrogen-bond acceptors (Lipinski definition) is 7. The van der Waals surface area contributed by atoms with E-state index in [1.807, 2.05) is 28.7 Å². The van der Waals surface area contributed by atoms with Crippen molar-refractivity contribution < 1.29 is 34.0 Å². The molecule has 0 bridgehead atoms. The summed E-state index contributed by atoms with van der Waals surface area (Å²) in [7, 11) is 0. The summed E-state index contributed by atoms with van der Waals surface area (Å²) in [6, 6.07) is 16.7. The van der Waals surface area contributed by atoms with Crippen molar-refractivity contribution in [2.45, 2.75) is 28.1 Å². The largest absolute Gasteiger partial charge is 0.465 e. The maximum absolute atomic E-state index is 12.6. The van der Waals surface area contributed by atoms with E-state index in [2.05, 4.69) is 5.32 Å². The minimum atomic E-state index is -1.86. The van der Waals surface area contributed by atoms with E-state index in [0.29, 0.717) is 11.5 Å². The van der Waals surface area contributed by atoms with Crippen LogP contribution in [0.15, 0.2) is 60.7 Å². The van der Waals surface area contributed by atoms with E-state index in [9.17, 15) is 19.8 Å². The summed E-state index contributed by atoms with van der Waals surface area (Å²) >= 11 is 1.85. The Balaban J connectivity index is 1.53. The molecule has 4 atom stereocenters. The van der Waals surface area contributed by atoms with Gasteiger partial charge in [0.15, 0.2) is 0 Å². The molecule has 3 N–H and O–H groups in total. The van der Waals surface area contributed by atoms with Gasteiger partial charge in [-0.15, -0.1) is 0 Å². The Hall–Kier alpha value is -2.41. The molecule has 1 unspecified atom stereocenters. The molecule has 2 fully saturated rings. The molecular weight excluding hydrogens is 519 g/mol. The number of ether oxygens (including phenoxy) is 3. The highest BCUT2D eigenvalue weighted by Crippen LogP contribution is 2.37. The van der Waals surface area contributed by atoms with Gasteiger partial charge in [-0.05, 0) is 46.9 Å². The van der Waals surface area contributed by atoms with E-state index in [-0.39, 0.29) is 13.0 Å². The SMILES string of the molecule is O=C1NC(=O)C(I)(Oc2ccccc2)CN1[C@H]1C[C@@](O)(Oc2ccccc2)[C@@H](CO)O1. The number of rotatable bonds is 6. The molecule has 10 heteroatoms. The number of hydrogen-bond donors (Lipinski definition) is 3. The number of para-hydroxylation sites is 2. The van der Waals surface area contributed by atoms with Crippen molar-refractivity contribution in [3.8, 4) is 11.5 Å². The van der Waals surface area contributed by atoms with E-state index in [1.54, 1.807) is 54.6 Å². The number of urea groups is 1. The lowest BCUT2D eigenvalue weighted by Crippen LogP contribution is -2.66. The molecule has 9 nitrogen and oxygen atoms in total. The Bertz CT molecular complexity index is 947. The molecule has 0 spiro atoms. The van der Waals surface area contributed by atoms with Crippen LogP contribution in [0.2, 0.25) is 0 Å². The van der Waals surface area contributed by atoms with Gasteiger partial charge in [-0.3, -0.25) is 15.0 Å². The molecule has 2 aromatic carbocycles. The molecule has 2 aliphatic heterocycles. The number of nitrogens with one attached hydrogen (secondary N) is 1. The molecule has 3 amide bonds. The topological polar surface area (TPSA) is 118 Å². The van der Waals surface area contributed by atoms with Crippen LogP contribution in [-0.4, -0.2) is 61.9 Å². The zero-order valence-electron chi connectivity index (χ0n) is 16.3. The third kappa shape index (κ3) is 4.47. The van der Waals surface area contributed by atoms with E-state index in [0.717, 1.165) is 0 Å². The number of halogens is 1. The van der Waals surface area contributed by atoms with E-state index in [4.69, 9.17) is 14.2 Å². The fourth-order valence-corrected chi connectivity index (χ4v) is 4.26. The predicted octanol–water partition coefficient (Wildman–Crippen LogP) is 1.62. The lowest BCUT2D eigenvalue weighted by atomic mass is 10.1. The fraction of sp³-hybridized carbons (Fsp3) is 0.333. The van der Waals surface area contributed by atoms with Gasteiger partial charge in [0.2, 0.25) is 5.79 Å². The Morgan fingerprint density at radius 1 is 1.06 bits per heavy atom. The van der Waals surface area contributed by atoms with Crippen LogP contribution in [0.25, 0.3) is 0 Å². The summed E-state index contributed by atoms with van der Waals surface area (Å²) in [5.74, 6) is -1.60. The van der Waals surface area contributed by atoms with Crippen LogP contribution < -0.4 is 14.8 Å². The molecule has 4 rings (SSSR count). The van der Waals surface area contributed by atoms with E-state index < -0.39 is 40.3 Å². The van der Waals surface area contributed by atoms with Crippen LogP contribution in [0.3, 0.4) is 0 Å². The summed E-state index contributed by atoms with van der Waals surface area (Å²) in [6.07, 6.45) is -2.18. The Morgan fingerprint density at radius 2 is 1.65 bits per heavy atom. The van der Waals surface area contributed by atoms with Gasteiger partial charge in [-0.25, -0.2) is 4.79 Å². The Labute approximate surface area is 192 Å². The first-order valence-electron chi connectivity index (χ1n) is 9.61. The third-order valence-electron chi connectivity index (χ3n) is 5.06. The molecule has 0 aliphatic carbocycles. The van der Waals surface area contributed by atoms with Gasteiger partial charge in [-0.2, -0.15) is 0 Å². The summed E-state index contributed by atoms with van der Waals surface area (Å²) in [4.78, 5) is 26.4. The molecule has 2 aromatic rings. The summed E-state index contributed by atoms with van der Waals surface area (Å²) in [5.41, 5.74) is 0. The second-order valence-corrected chi connectivity index (χ2v) is 9.00. The third-order valence-corrected chi connectivity index (χ3v) is 6.11. The van der Waals surface area contributed by atoms with Gasteiger partial charge in [0.05, 0.1) is 19.6 Å². The highest BCUT2D eigenvalue weighted by molar-refractivity contribution is 14.1. The number of carbonyl (C=O) groups excluding carboxylic acids is 2. The second kappa shape index (κ2) is 8.61. The molecule has 2 aliphatic rings. The first-order chi connectivity index (χ1) is 14.8. The van der Waals surface area contributed by atoms with E-state index >= 15 is 0 Å². The minimum Gasteiger partial charge on any atom is -0.465 e. The molecule has 31 heavy (non-hydrogen) atoms. The first-order valence-corrected chi connectivity index (χ1v) is 10.7. The zero-order valence-corrected chi connectivity index (χ0v) is 18.5. The average Bonchev–Trinajstić information content (AvgIpc) is 3.08. The number of aliphatic hydroxyl groups is 2. The van der Waals surface area contributed by atoms with Crippen molar-refractivity contribution in [2.24, 2.45) is 0 Å². The molecule has 164 valence electrons. The summed E-state index contributed by atoms with van der Waals surface area (Å²) in [6.45, 7) is -0.651. The van der Waals surface area contributed by atoms with Crippen LogP contribution in [0, 0.1) is 0 Å². The van der Waals surface area contributed by atoms with Crippen molar-refractivity contribution in [2.75, 3.05) is 13.2 Å². The smallest absolute Gasteiger partial charge is 0.326 e. The van der Waals surface area contributed by atoms with Gasteiger partial charge >= 0.3 is 6.03 Å². The number of carbonyl (C=O) groups is 2. The maximum atomic E-state index is 12.6. The van der Waals surface area contributed by atoms with Crippen molar-refractivity contribution >= 4 is 34.5 Å². The van der Waals surface area contributed by atoms with Gasteiger partial charge in [0, 0.05) is 0 Å². The summed E-state index contributed by atoms with van der Waals surface area (Å²) < 4.78 is 15.9. The second-order valence-electron chi connectivity index (χ2n) is 7.26. The van der Waals surface area contributed by atoms with Gasteiger partial charge in [-0.1, -0.05) is 36.4 Å². The molecule has 0 radical (unpaired) electrons. The number of amides is 3. The lowest BCUT2D eigenvalue weighted by molar-refractivity contribution is -0.185. The zero-order chi connectivity index (χ0) is 22.1. The van der Waals surface area contributed by atoms with Gasteiger partial charge < -0.3 is 24.4 Å². The lowest BCUT2D eigenvalue weighted by Gasteiger charge is -2.39.